The number of sulfonamides is 1. The number of anilines is 1. The highest BCUT2D eigenvalue weighted by Crippen LogP contribution is 2.30. The zero-order valence-corrected chi connectivity index (χ0v) is 18.5. The number of amides is 1. The maximum atomic E-state index is 13.3. The number of nitrogens with one attached hydrogen (secondary N) is 1. The fourth-order valence-electron chi connectivity index (χ4n) is 3.73. The smallest absolute Gasteiger partial charge is 0.264 e. The highest BCUT2D eigenvalue weighted by atomic mass is 32.2. The zero-order valence-electron chi connectivity index (χ0n) is 17.7. The van der Waals surface area contributed by atoms with Crippen molar-refractivity contribution in [2.45, 2.75) is 38.5 Å². The first-order chi connectivity index (χ1) is 13.7. The van der Waals surface area contributed by atoms with Gasteiger partial charge in [0.2, 0.25) is 0 Å². The predicted octanol–water partition coefficient (Wildman–Crippen LogP) is 3.32. The number of benzene rings is 1. The number of ether oxygens (including phenoxy) is 1. The Morgan fingerprint density at radius 3 is 2.24 bits per heavy atom. The Morgan fingerprint density at radius 1 is 1.10 bits per heavy atom. The first-order valence-electron chi connectivity index (χ1n) is 9.77. The molecule has 29 heavy (non-hydrogen) atoms. The third-order valence-electron chi connectivity index (χ3n) is 5.82. The van der Waals surface area contributed by atoms with Crippen LogP contribution in [0.5, 0.6) is 5.75 Å². The SMILES string of the molecule is COc1ccc(NS(=O)(=O)c2c(C(=O)N3CCC(C)CC3)c(C)n(C)c2C)cc1. The van der Waals surface area contributed by atoms with Gasteiger partial charge in [-0.15, -0.1) is 0 Å². The van der Waals surface area contributed by atoms with Crippen molar-refractivity contribution in [1.29, 1.82) is 0 Å². The molecule has 0 saturated carbocycles. The van der Waals surface area contributed by atoms with E-state index in [2.05, 4.69) is 11.6 Å². The van der Waals surface area contributed by atoms with E-state index in [4.69, 9.17) is 4.74 Å². The summed E-state index contributed by atoms with van der Waals surface area (Å²) in [6.07, 6.45) is 1.87. The van der Waals surface area contributed by atoms with Gasteiger partial charge in [-0.05, 0) is 56.9 Å². The second-order valence-corrected chi connectivity index (χ2v) is 9.36. The van der Waals surface area contributed by atoms with E-state index in [1.165, 1.54) is 0 Å². The van der Waals surface area contributed by atoms with Gasteiger partial charge in [0.15, 0.2) is 0 Å². The molecule has 0 aliphatic carbocycles. The summed E-state index contributed by atoms with van der Waals surface area (Å²) >= 11 is 0. The Hall–Kier alpha value is -2.48. The van der Waals surface area contributed by atoms with Crippen molar-refractivity contribution < 1.29 is 17.9 Å². The summed E-state index contributed by atoms with van der Waals surface area (Å²) in [4.78, 5) is 15.1. The van der Waals surface area contributed by atoms with Crippen LogP contribution in [-0.4, -0.2) is 44.0 Å². The number of nitrogens with zero attached hydrogens (tertiary/aromatic N) is 2. The van der Waals surface area contributed by atoms with Gasteiger partial charge in [-0.1, -0.05) is 6.92 Å². The molecule has 0 spiro atoms. The van der Waals surface area contributed by atoms with Crippen LogP contribution in [0, 0.1) is 19.8 Å². The van der Waals surface area contributed by atoms with Crippen LogP contribution in [0.3, 0.4) is 0 Å². The van der Waals surface area contributed by atoms with Crippen molar-refractivity contribution in [3.63, 3.8) is 0 Å². The molecule has 1 aromatic heterocycles. The van der Waals surface area contributed by atoms with Crippen LogP contribution in [0.25, 0.3) is 0 Å². The molecular formula is C21H29N3O4S. The Morgan fingerprint density at radius 2 is 1.69 bits per heavy atom. The quantitative estimate of drug-likeness (QED) is 0.806. The standard InChI is InChI=1S/C21H29N3O4S/c1-14-10-12-24(13-11-14)21(25)19-15(2)23(4)16(3)20(19)29(26,27)22-17-6-8-18(28-5)9-7-17/h6-9,14,22H,10-13H2,1-5H3. The van der Waals surface area contributed by atoms with Gasteiger partial charge in [0.05, 0.1) is 12.7 Å². The number of hydrogen-bond acceptors (Lipinski definition) is 4. The maximum absolute atomic E-state index is 13.3. The molecule has 7 nitrogen and oxygen atoms in total. The molecule has 0 atom stereocenters. The summed E-state index contributed by atoms with van der Waals surface area (Å²) in [5, 5.41) is 0. The van der Waals surface area contributed by atoms with Crippen molar-refractivity contribution in [3.05, 3.63) is 41.2 Å². The largest absolute Gasteiger partial charge is 0.497 e. The van der Waals surface area contributed by atoms with Crippen molar-refractivity contribution in [2.75, 3.05) is 24.9 Å². The lowest BCUT2D eigenvalue weighted by molar-refractivity contribution is 0.0692. The summed E-state index contributed by atoms with van der Waals surface area (Å²) < 4.78 is 36.0. The molecule has 1 aromatic carbocycles. The number of carbonyl (C=O) groups excluding carboxylic acids is 1. The molecule has 158 valence electrons. The number of methoxy groups -OCH3 is 1. The highest BCUT2D eigenvalue weighted by molar-refractivity contribution is 7.92. The highest BCUT2D eigenvalue weighted by Gasteiger charge is 2.33. The van der Waals surface area contributed by atoms with Crippen molar-refractivity contribution in [2.24, 2.45) is 13.0 Å². The lowest BCUT2D eigenvalue weighted by Crippen LogP contribution is -2.38. The second kappa shape index (κ2) is 8.10. The minimum Gasteiger partial charge on any atom is -0.497 e. The fourth-order valence-corrected chi connectivity index (χ4v) is 5.31. The van der Waals surface area contributed by atoms with E-state index in [-0.39, 0.29) is 16.4 Å². The lowest BCUT2D eigenvalue weighted by Gasteiger charge is -2.30. The molecule has 1 amide bonds. The number of carbonyl (C=O) groups is 1. The Bertz CT molecular complexity index is 1000. The Kier molecular flexibility index (Phi) is 5.93. The summed E-state index contributed by atoms with van der Waals surface area (Å²) in [7, 11) is -0.616. The predicted molar refractivity (Wildman–Crippen MR) is 113 cm³/mol. The van der Waals surface area contributed by atoms with Crippen LogP contribution in [0.4, 0.5) is 5.69 Å². The van der Waals surface area contributed by atoms with E-state index in [0.29, 0.717) is 41.8 Å². The van der Waals surface area contributed by atoms with E-state index >= 15 is 0 Å². The number of rotatable bonds is 5. The summed E-state index contributed by atoms with van der Waals surface area (Å²) in [6, 6.07) is 6.63. The topological polar surface area (TPSA) is 80.6 Å². The van der Waals surface area contributed by atoms with Crippen LogP contribution in [-0.2, 0) is 17.1 Å². The van der Waals surface area contributed by atoms with Gasteiger partial charge in [0.25, 0.3) is 15.9 Å². The third-order valence-corrected chi connectivity index (χ3v) is 7.36. The summed E-state index contributed by atoms with van der Waals surface area (Å²) in [5.41, 5.74) is 1.87. The molecule has 1 saturated heterocycles. The van der Waals surface area contributed by atoms with Gasteiger partial charge in [0, 0.05) is 37.2 Å². The molecule has 3 rings (SSSR count). The van der Waals surface area contributed by atoms with Crippen molar-refractivity contribution in [1.82, 2.24) is 9.47 Å². The first-order valence-corrected chi connectivity index (χ1v) is 11.3. The molecule has 1 N–H and O–H groups in total. The fraction of sp³-hybridized carbons (Fsp3) is 0.476. The van der Waals surface area contributed by atoms with E-state index in [9.17, 15) is 13.2 Å². The van der Waals surface area contributed by atoms with E-state index < -0.39 is 10.0 Å². The molecule has 0 radical (unpaired) electrons. The second-order valence-electron chi connectivity index (χ2n) is 7.74. The van der Waals surface area contributed by atoms with Gasteiger partial charge in [0.1, 0.15) is 10.6 Å². The Labute approximate surface area is 172 Å². The molecule has 1 fully saturated rings. The molecule has 1 aliphatic heterocycles. The molecule has 0 bridgehead atoms. The first kappa shape index (κ1) is 21.2. The summed E-state index contributed by atoms with van der Waals surface area (Å²) in [6.45, 7) is 7.00. The molecule has 0 unspecified atom stereocenters. The average molecular weight is 420 g/mol. The zero-order chi connectivity index (χ0) is 21.3. The maximum Gasteiger partial charge on any atom is 0.264 e. The van der Waals surface area contributed by atoms with Crippen LogP contribution in [0.15, 0.2) is 29.2 Å². The average Bonchev–Trinajstić information content (AvgIpc) is 2.93. The van der Waals surface area contributed by atoms with E-state index in [1.807, 2.05) is 0 Å². The molecular weight excluding hydrogens is 390 g/mol. The van der Waals surface area contributed by atoms with Gasteiger partial charge >= 0.3 is 0 Å². The third kappa shape index (κ3) is 4.12. The number of piperidine rings is 1. The lowest BCUT2D eigenvalue weighted by atomic mass is 9.98. The number of aromatic nitrogens is 1. The van der Waals surface area contributed by atoms with E-state index in [1.54, 1.807) is 61.7 Å². The molecule has 1 aliphatic rings. The number of likely N-dealkylation sites (tertiary alicyclic amines) is 1. The van der Waals surface area contributed by atoms with Crippen molar-refractivity contribution in [3.8, 4) is 5.75 Å². The molecule has 2 aromatic rings. The van der Waals surface area contributed by atoms with Crippen LogP contribution in [0.1, 0.15) is 41.5 Å². The van der Waals surface area contributed by atoms with Gasteiger partial charge in [-0.2, -0.15) is 0 Å². The number of hydrogen-bond donors (Lipinski definition) is 1. The minimum atomic E-state index is -3.95. The Balaban J connectivity index is 1.99. The van der Waals surface area contributed by atoms with E-state index in [0.717, 1.165) is 12.8 Å². The van der Waals surface area contributed by atoms with Gasteiger partial charge in [-0.3, -0.25) is 9.52 Å². The molecule has 2 heterocycles. The monoisotopic (exact) mass is 419 g/mol. The minimum absolute atomic E-state index is 0.0527. The summed E-state index contributed by atoms with van der Waals surface area (Å²) in [5.74, 6) is 1.00. The van der Waals surface area contributed by atoms with Gasteiger partial charge < -0.3 is 14.2 Å². The molecule has 8 heteroatoms. The van der Waals surface area contributed by atoms with Crippen LogP contribution >= 0.6 is 0 Å². The van der Waals surface area contributed by atoms with Crippen LogP contribution in [0.2, 0.25) is 0 Å². The normalized spacial score (nSPS) is 15.4. The van der Waals surface area contributed by atoms with Gasteiger partial charge in [-0.25, -0.2) is 8.42 Å². The van der Waals surface area contributed by atoms with Crippen molar-refractivity contribution >= 4 is 21.6 Å². The van der Waals surface area contributed by atoms with Crippen LogP contribution < -0.4 is 9.46 Å².